The molecule has 6 heteroatoms. The smallest absolute Gasteiger partial charge is 0.265 e. The summed E-state index contributed by atoms with van der Waals surface area (Å²) in [6.45, 7) is 1.52. The Morgan fingerprint density at radius 3 is 2.18 bits per heavy atom. The van der Waals surface area contributed by atoms with E-state index < -0.39 is 0 Å². The molecule has 4 rings (SSSR count). The van der Waals surface area contributed by atoms with Crippen LogP contribution in [0.3, 0.4) is 0 Å². The van der Waals surface area contributed by atoms with E-state index in [1.165, 1.54) is 11.3 Å². The lowest BCUT2D eigenvalue weighted by molar-refractivity contribution is 0.0949. The molecule has 166 valence electrons. The van der Waals surface area contributed by atoms with Gasteiger partial charge in [0.15, 0.2) is 0 Å². The first-order valence-electron chi connectivity index (χ1n) is 10.6. The molecule has 0 aliphatic rings. The van der Waals surface area contributed by atoms with Gasteiger partial charge >= 0.3 is 0 Å². The topological polar surface area (TPSA) is 67.4 Å². The number of anilines is 1. The van der Waals surface area contributed by atoms with E-state index in [0.717, 1.165) is 16.7 Å². The van der Waals surface area contributed by atoms with E-state index >= 15 is 0 Å². The fourth-order valence-electron chi connectivity index (χ4n) is 3.24. The Kier molecular flexibility index (Phi) is 7.64. The highest BCUT2D eigenvalue weighted by molar-refractivity contribution is 7.12. The number of benzene rings is 3. The molecule has 0 saturated heterocycles. The summed E-state index contributed by atoms with van der Waals surface area (Å²) in [7, 11) is 0. The molecule has 1 aromatic heterocycles. The lowest BCUT2D eigenvalue weighted by atomic mass is 10.1. The zero-order valence-electron chi connectivity index (χ0n) is 18.0. The number of thiophene rings is 1. The van der Waals surface area contributed by atoms with Crippen molar-refractivity contribution in [1.29, 1.82) is 0 Å². The average Bonchev–Trinajstić information content (AvgIpc) is 3.40. The minimum absolute atomic E-state index is 0.185. The Hall–Kier alpha value is -3.74. The van der Waals surface area contributed by atoms with E-state index in [0.29, 0.717) is 35.9 Å². The number of carbonyl (C=O) groups excluding carboxylic acids is 2. The standard InChI is InChI=1S/C27H24N2O3S/c30-26(23-8-4-9-24(16-23)29-27(31)25-10-5-15-33-25)28-17-20-11-13-22(14-12-20)19-32-18-21-6-2-1-3-7-21/h1-16H,17-19H2,(H,28,30)(H,29,31). The summed E-state index contributed by atoms with van der Waals surface area (Å²) in [5, 5.41) is 7.60. The first kappa shape index (κ1) is 22.5. The number of rotatable bonds is 9. The maximum atomic E-state index is 12.6. The van der Waals surface area contributed by atoms with Crippen LogP contribution in [0, 0.1) is 0 Å². The molecule has 4 aromatic rings. The molecule has 0 unspecified atom stereocenters. The van der Waals surface area contributed by atoms with Crippen LogP contribution in [0.1, 0.15) is 36.7 Å². The van der Waals surface area contributed by atoms with E-state index in [9.17, 15) is 9.59 Å². The van der Waals surface area contributed by atoms with Crippen molar-refractivity contribution in [3.63, 3.8) is 0 Å². The summed E-state index contributed by atoms with van der Waals surface area (Å²) < 4.78 is 5.76. The second-order valence-electron chi connectivity index (χ2n) is 7.49. The lowest BCUT2D eigenvalue weighted by Gasteiger charge is -2.09. The Bertz CT molecular complexity index is 1190. The summed E-state index contributed by atoms with van der Waals surface area (Å²) in [5.41, 5.74) is 4.30. The number of hydrogen-bond acceptors (Lipinski definition) is 4. The molecule has 33 heavy (non-hydrogen) atoms. The monoisotopic (exact) mass is 456 g/mol. The third-order valence-electron chi connectivity index (χ3n) is 4.98. The highest BCUT2D eigenvalue weighted by atomic mass is 32.1. The van der Waals surface area contributed by atoms with Crippen molar-refractivity contribution in [2.75, 3.05) is 5.32 Å². The second kappa shape index (κ2) is 11.2. The largest absolute Gasteiger partial charge is 0.372 e. The van der Waals surface area contributed by atoms with Gasteiger partial charge in [-0.15, -0.1) is 11.3 Å². The van der Waals surface area contributed by atoms with Gasteiger partial charge in [-0.1, -0.05) is 66.7 Å². The van der Waals surface area contributed by atoms with Gasteiger partial charge in [0, 0.05) is 17.8 Å². The summed E-state index contributed by atoms with van der Waals surface area (Å²) in [4.78, 5) is 25.4. The van der Waals surface area contributed by atoms with Crippen molar-refractivity contribution in [3.05, 3.63) is 124 Å². The van der Waals surface area contributed by atoms with Gasteiger partial charge in [-0.3, -0.25) is 9.59 Å². The number of amides is 2. The van der Waals surface area contributed by atoms with Crippen LogP contribution in [0.2, 0.25) is 0 Å². The normalized spacial score (nSPS) is 10.5. The van der Waals surface area contributed by atoms with E-state index in [1.54, 1.807) is 30.3 Å². The molecule has 2 amide bonds. The van der Waals surface area contributed by atoms with Crippen molar-refractivity contribution in [3.8, 4) is 0 Å². The molecule has 0 spiro atoms. The minimum atomic E-state index is -0.197. The summed E-state index contributed by atoms with van der Waals surface area (Å²) in [6.07, 6.45) is 0. The molecule has 1 heterocycles. The molecule has 3 aromatic carbocycles. The number of nitrogens with one attached hydrogen (secondary N) is 2. The molecule has 0 radical (unpaired) electrons. The van der Waals surface area contributed by atoms with Gasteiger partial charge in [0.25, 0.3) is 11.8 Å². The Morgan fingerprint density at radius 1 is 0.727 bits per heavy atom. The summed E-state index contributed by atoms with van der Waals surface area (Å²) in [5.74, 6) is -0.382. The van der Waals surface area contributed by atoms with Crippen molar-refractivity contribution >= 4 is 28.8 Å². The maximum Gasteiger partial charge on any atom is 0.265 e. The number of ether oxygens (including phenoxy) is 1. The molecule has 0 aliphatic heterocycles. The molecular weight excluding hydrogens is 432 g/mol. The van der Waals surface area contributed by atoms with Gasteiger partial charge < -0.3 is 15.4 Å². The van der Waals surface area contributed by atoms with E-state index in [2.05, 4.69) is 10.6 Å². The predicted molar refractivity (Wildman–Crippen MR) is 131 cm³/mol. The van der Waals surface area contributed by atoms with Crippen molar-refractivity contribution in [2.24, 2.45) is 0 Å². The van der Waals surface area contributed by atoms with Crippen molar-refractivity contribution in [2.45, 2.75) is 19.8 Å². The van der Waals surface area contributed by atoms with Crippen LogP contribution < -0.4 is 10.6 Å². The molecule has 5 nitrogen and oxygen atoms in total. The van der Waals surface area contributed by atoms with Crippen LogP contribution in [0.4, 0.5) is 5.69 Å². The van der Waals surface area contributed by atoms with Crippen LogP contribution >= 0.6 is 11.3 Å². The maximum absolute atomic E-state index is 12.6. The van der Waals surface area contributed by atoms with Gasteiger partial charge in [0.05, 0.1) is 18.1 Å². The van der Waals surface area contributed by atoms with E-state index in [1.807, 2.05) is 66.0 Å². The second-order valence-corrected chi connectivity index (χ2v) is 8.44. The average molecular weight is 457 g/mol. The third kappa shape index (κ3) is 6.62. The zero-order valence-corrected chi connectivity index (χ0v) is 18.8. The summed E-state index contributed by atoms with van der Waals surface area (Å²) >= 11 is 1.37. The van der Waals surface area contributed by atoms with Gasteiger partial charge in [-0.2, -0.15) is 0 Å². The van der Waals surface area contributed by atoms with Crippen LogP contribution in [-0.4, -0.2) is 11.8 Å². The van der Waals surface area contributed by atoms with Crippen molar-refractivity contribution in [1.82, 2.24) is 5.32 Å². The van der Waals surface area contributed by atoms with Gasteiger partial charge in [-0.05, 0) is 46.3 Å². The zero-order chi connectivity index (χ0) is 22.9. The number of carbonyl (C=O) groups is 2. The fourth-order valence-corrected chi connectivity index (χ4v) is 3.86. The van der Waals surface area contributed by atoms with Crippen LogP contribution in [0.15, 0.2) is 96.4 Å². The predicted octanol–water partition coefficient (Wildman–Crippen LogP) is 5.65. The minimum Gasteiger partial charge on any atom is -0.372 e. The molecular formula is C27H24N2O3S. The van der Waals surface area contributed by atoms with Gasteiger partial charge in [0.1, 0.15) is 0 Å². The summed E-state index contributed by atoms with van der Waals surface area (Å²) in [6, 6.07) is 28.6. The SMILES string of the molecule is O=C(NCc1ccc(COCc2ccccc2)cc1)c1cccc(NC(=O)c2cccs2)c1. The fraction of sp³-hybridized carbons (Fsp3) is 0.111. The van der Waals surface area contributed by atoms with Crippen molar-refractivity contribution < 1.29 is 14.3 Å². The Balaban J connectivity index is 1.25. The third-order valence-corrected chi connectivity index (χ3v) is 5.85. The first-order chi connectivity index (χ1) is 16.2. The highest BCUT2D eigenvalue weighted by Gasteiger charge is 2.10. The van der Waals surface area contributed by atoms with E-state index in [-0.39, 0.29) is 11.8 Å². The van der Waals surface area contributed by atoms with Gasteiger partial charge in [0.2, 0.25) is 0 Å². The molecule has 0 atom stereocenters. The highest BCUT2D eigenvalue weighted by Crippen LogP contribution is 2.15. The van der Waals surface area contributed by atoms with Crippen LogP contribution in [0.5, 0.6) is 0 Å². The van der Waals surface area contributed by atoms with Gasteiger partial charge in [-0.25, -0.2) is 0 Å². The quantitative estimate of drug-likeness (QED) is 0.342. The Labute approximate surface area is 197 Å². The molecule has 0 fully saturated rings. The van der Waals surface area contributed by atoms with Crippen LogP contribution in [0.25, 0.3) is 0 Å². The molecule has 2 N–H and O–H groups in total. The Morgan fingerprint density at radius 2 is 1.45 bits per heavy atom. The number of hydrogen-bond donors (Lipinski definition) is 2. The van der Waals surface area contributed by atoms with E-state index in [4.69, 9.17) is 4.74 Å². The van der Waals surface area contributed by atoms with Crippen LogP contribution in [-0.2, 0) is 24.5 Å². The lowest BCUT2D eigenvalue weighted by Crippen LogP contribution is -2.23. The molecule has 0 saturated carbocycles. The first-order valence-corrected chi connectivity index (χ1v) is 11.5. The molecule has 0 aliphatic carbocycles. The molecule has 0 bridgehead atoms.